The van der Waals surface area contributed by atoms with Crippen LogP contribution in [0.5, 0.6) is 0 Å². The summed E-state index contributed by atoms with van der Waals surface area (Å²) in [5.41, 5.74) is -0.00389. The van der Waals surface area contributed by atoms with Crippen LogP contribution >= 0.6 is 0 Å². The van der Waals surface area contributed by atoms with Crippen LogP contribution in [-0.4, -0.2) is 23.5 Å². The first-order valence-corrected chi connectivity index (χ1v) is 6.40. The minimum Gasteiger partial charge on any atom is -0.458 e. The van der Waals surface area contributed by atoms with Crippen LogP contribution in [0.25, 0.3) is 0 Å². The lowest BCUT2D eigenvalue weighted by molar-refractivity contribution is -0.156. The first-order valence-electron chi connectivity index (χ1n) is 6.40. The van der Waals surface area contributed by atoms with Gasteiger partial charge in [-0.05, 0) is 52.3 Å². The molecule has 0 heterocycles. The van der Waals surface area contributed by atoms with Crippen molar-refractivity contribution < 1.29 is 18.7 Å². The smallest absolute Gasteiger partial charge is 0.328 e. The van der Waals surface area contributed by atoms with Crippen molar-refractivity contribution in [2.75, 3.05) is 0 Å². The number of benzene rings is 1. The van der Waals surface area contributed by atoms with E-state index in [4.69, 9.17) is 4.74 Å². The Labute approximate surface area is 118 Å². The first kappa shape index (κ1) is 16.1. The number of hydrogen-bond acceptors (Lipinski definition) is 3. The van der Waals surface area contributed by atoms with Crippen LogP contribution in [-0.2, 0) is 9.53 Å². The number of carbonyl (C=O) groups is 2. The maximum Gasteiger partial charge on any atom is 0.328 e. The van der Waals surface area contributed by atoms with Gasteiger partial charge in [-0.25, -0.2) is 9.18 Å². The lowest BCUT2D eigenvalue weighted by Crippen LogP contribution is -2.42. The zero-order valence-corrected chi connectivity index (χ0v) is 12.4. The number of nitrogens with one attached hydrogen (secondary N) is 1. The fourth-order valence-corrected chi connectivity index (χ4v) is 1.53. The van der Waals surface area contributed by atoms with Gasteiger partial charge in [-0.1, -0.05) is 6.07 Å². The van der Waals surface area contributed by atoms with Gasteiger partial charge in [0.2, 0.25) is 0 Å². The summed E-state index contributed by atoms with van der Waals surface area (Å²) >= 11 is 0. The van der Waals surface area contributed by atoms with Gasteiger partial charge in [0, 0.05) is 0 Å². The molecule has 0 bridgehead atoms. The molecule has 0 aromatic heterocycles. The topological polar surface area (TPSA) is 55.4 Å². The molecular formula is C15H20FNO3. The molecule has 110 valence electrons. The molecule has 1 rings (SSSR count). The monoisotopic (exact) mass is 281 g/mol. The van der Waals surface area contributed by atoms with Crippen LogP contribution in [0.15, 0.2) is 18.2 Å². The van der Waals surface area contributed by atoms with E-state index in [9.17, 15) is 14.0 Å². The van der Waals surface area contributed by atoms with Gasteiger partial charge in [-0.2, -0.15) is 0 Å². The Morgan fingerprint density at radius 1 is 1.30 bits per heavy atom. The summed E-state index contributed by atoms with van der Waals surface area (Å²) in [7, 11) is 0. The molecule has 0 aliphatic rings. The van der Waals surface area contributed by atoms with Crippen LogP contribution in [0.1, 0.15) is 43.6 Å². The van der Waals surface area contributed by atoms with Gasteiger partial charge in [-0.3, -0.25) is 4.79 Å². The highest BCUT2D eigenvalue weighted by Crippen LogP contribution is 2.11. The Morgan fingerprint density at radius 3 is 2.40 bits per heavy atom. The van der Waals surface area contributed by atoms with Crippen molar-refractivity contribution >= 4 is 11.9 Å². The second-order valence-corrected chi connectivity index (χ2v) is 5.71. The van der Waals surface area contributed by atoms with E-state index in [1.807, 2.05) is 0 Å². The van der Waals surface area contributed by atoms with Gasteiger partial charge in [-0.15, -0.1) is 0 Å². The fourth-order valence-electron chi connectivity index (χ4n) is 1.53. The summed E-state index contributed by atoms with van der Waals surface area (Å²) in [4.78, 5) is 23.6. The Hall–Kier alpha value is -1.91. The minimum absolute atomic E-state index is 0.0917. The summed E-state index contributed by atoms with van der Waals surface area (Å²) in [6.45, 7) is 8.43. The third-order valence-electron chi connectivity index (χ3n) is 2.48. The molecule has 0 radical (unpaired) electrons. The average molecular weight is 281 g/mol. The Morgan fingerprint density at radius 2 is 1.90 bits per heavy atom. The highest BCUT2D eigenvalue weighted by Gasteiger charge is 2.24. The largest absolute Gasteiger partial charge is 0.458 e. The van der Waals surface area contributed by atoms with E-state index in [1.165, 1.54) is 19.1 Å². The Bertz CT molecular complexity index is 520. The summed E-state index contributed by atoms with van der Waals surface area (Å²) in [6, 6.07) is 3.45. The zero-order valence-electron chi connectivity index (χ0n) is 12.4. The third kappa shape index (κ3) is 4.64. The molecule has 1 atom stereocenters. The number of aryl methyl sites for hydroxylation is 1. The molecule has 0 saturated carbocycles. The average Bonchev–Trinajstić information content (AvgIpc) is 2.26. The molecule has 0 saturated heterocycles. The number of esters is 1. The maximum absolute atomic E-state index is 13.6. The second kappa shape index (κ2) is 6.03. The quantitative estimate of drug-likeness (QED) is 0.866. The van der Waals surface area contributed by atoms with E-state index < -0.39 is 29.3 Å². The molecule has 1 N–H and O–H groups in total. The van der Waals surface area contributed by atoms with E-state index in [0.717, 1.165) is 5.56 Å². The van der Waals surface area contributed by atoms with E-state index in [2.05, 4.69) is 5.32 Å². The van der Waals surface area contributed by atoms with Crippen molar-refractivity contribution in [3.63, 3.8) is 0 Å². The summed E-state index contributed by atoms with van der Waals surface area (Å²) in [5.74, 6) is -1.81. The number of amides is 1. The molecule has 1 amide bonds. The molecule has 1 aromatic rings. The Kier molecular flexibility index (Phi) is 4.87. The number of halogens is 1. The number of ether oxygens (including phenoxy) is 1. The second-order valence-electron chi connectivity index (χ2n) is 5.71. The van der Waals surface area contributed by atoms with Crippen LogP contribution in [0, 0.1) is 12.7 Å². The van der Waals surface area contributed by atoms with Crippen LogP contribution in [0.3, 0.4) is 0 Å². The molecule has 0 unspecified atom stereocenters. The van der Waals surface area contributed by atoms with Gasteiger partial charge in [0.05, 0.1) is 5.56 Å². The van der Waals surface area contributed by atoms with Crippen LogP contribution in [0.4, 0.5) is 4.39 Å². The molecule has 0 spiro atoms. The molecule has 1 aromatic carbocycles. The lowest BCUT2D eigenvalue weighted by Gasteiger charge is -2.22. The maximum atomic E-state index is 13.6. The predicted octanol–water partition coefficient (Wildman–Crippen LogP) is 2.59. The molecule has 0 aliphatic heterocycles. The number of carbonyl (C=O) groups excluding carboxylic acids is 2. The van der Waals surface area contributed by atoms with Gasteiger partial charge < -0.3 is 10.1 Å². The Balaban J connectivity index is 2.73. The van der Waals surface area contributed by atoms with Crippen molar-refractivity contribution in [2.45, 2.75) is 46.3 Å². The standard InChI is InChI=1S/C15H20FNO3/c1-9-6-7-11(12(16)8-9)13(18)17-10(2)14(19)20-15(3,4)5/h6-8,10H,1-5H3,(H,17,18)/t10-/m0/s1. The molecule has 5 heteroatoms. The predicted molar refractivity (Wildman–Crippen MR) is 73.9 cm³/mol. The fraction of sp³-hybridized carbons (Fsp3) is 0.467. The summed E-state index contributed by atoms with van der Waals surface area (Å²) in [6.07, 6.45) is 0. The first-order chi connectivity index (χ1) is 9.10. The minimum atomic E-state index is -0.845. The lowest BCUT2D eigenvalue weighted by atomic mass is 10.1. The molecular weight excluding hydrogens is 261 g/mol. The van der Waals surface area contributed by atoms with Gasteiger partial charge in [0.15, 0.2) is 0 Å². The number of hydrogen-bond donors (Lipinski definition) is 1. The van der Waals surface area contributed by atoms with E-state index in [0.29, 0.717) is 0 Å². The summed E-state index contributed by atoms with van der Waals surface area (Å²) in [5, 5.41) is 2.43. The van der Waals surface area contributed by atoms with Gasteiger partial charge >= 0.3 is 5.97 Å². The zero-order chi connectivity index (χ0) is 15.5. The molecule has 0 fully saturated rings. The van der Waals surface area contributed by atoms with Gasteiger partial charge in [0.25, 0.3) is 5.91 Å². The highest BCUT2D eigenvalue weighted by atomic mass is 19.1. The third-order valence-corrected chi connectivity index (χ3v) is 2.48. The highest BCUT2D eigenvalue weighted by molar-refractivity contribution is 5.97. The molecule has 4 nitrogen and oxygen atoms in total. The van der Waals surface area contributed by atoms with E-state index in [1.54, 1.807) is 33.8 Å². The normalized spacial score (nSPS) is 12.7. The van der Waals surface area contributed by atoms with E-state index in [-0.39, 0.29) is 5.56 Å². The summed E-state index contributed by atoms with van der Waals surface area (Å²) < 4.78 is 18.8. The molecule has 0 aliphatic carbocycles. The van der Waals surface area contributed by atoms with Crippen molar-refractivity contribution in [3.8, 4) is 0 Å². The van der Waals surface area contributed by atoms with Crippen molar-refractivity contribution in [1.29, 1.82) is 0 Å². The van der Waals surface area contributed by atoms with Gasteiger partial charge in [0.1, 0.15) is 17.5 Å². The molecule has 20 heavy (non-hydrogen) atoms. The van der Waals surface area contributed by atoms with Crippen molar-refractivity contribution in [1.82, 2.24) is 5.32 Å². The van der Waals surface area contributed by atoms with E-state index >= 15 is 0 Å². The van der Waals surface area contributed by atoms with Crippen molar-refractivity contribution in [2.24, 2.45) is 0 Å². The van der Waals surface area contributed by atoms with Crippen LogP contribution in [0.2, 0.25) is 0 Å². The van der Waals surface area contributed by atoms with Crippen molar-refractivity contribution in [3.05, 3.63) is 35.1 Å². The number of rotatable bonds is 3. The SMILES string of the molecule is Cc1ccc(C(=O)N[C@@H](C)C(=O)OC(C)(C)C)c(F)c1. The van der Waals surface area contributed by atoms with Crippen LogP contribution < -0.4 is 5.32 Å².